The van der Waals surface area contributed by atoms with Crippen LogP contribution in [-0.4, -0.2) is 9.97 Å². The van der Waals surface area contributed by atoms with Crippen molar-refractivity contribution in [2.45, 2.75) is 47.5 Å². The minimum atomic E-state index is 0.817. The second-order valence-electron chi connectivity index (χ2n) is 4.14. The van der Waals surface area contributed by atoms with E-state index < -0.39 is 0 Å². The Labute approximate surface area is 98.8 Å². The van der Waals surface area contributed by atoms with E-state index in [9.17, 15) is 0 Å². The number of hydrogen-bond donors (Lipinski definition) is 0. The van der Waals surface area contributed by atoms with Crippen molar-refractivity contribution >= 4 is 6.08 Å². The average molecular weight is 218 g/mol. The largest absolute Gasteiger partial charge is 0.255 e. The summed E-state index contributed by atoms with van der Waals surface area (Å²) in [6.45, 7) is 10.2. The van der Waals surface area contributed by atoms with Crippen LogP contribution in [0.4, 0.5) is 0 Å². The van der Waals surface area contributed by atoms with Crippen LogP contribution in [0.25, 0.3) is 6.08 Å². The van der Waals surface area contributed by atoms with E-state index in [1.807, 2.05) is 33.9 Å². The van der Waals surface area contributed by atoms with E-state index >= 15 is 0 Å². The van der Waals surface area contributed by atoms with Gasteiger partial charge < -0.3 is 0 Å². The minimum absolute atomic E-state index is 0.817. The van der Waals surface area contributed by atoms with Crippen LogP contribution in [0.3, 0.4) is 0 Å². The van der Waals surface area contributed by atoms with Crippen LogP contribution in [0.1, 0.15) is 50.7 Å². The molecular formula is C14H22N2. The highest BCUT2D eigenvalue weighted by molar-refractivity contribution is 5.51. The van der Waals surface area contributed by atoms with Gasteiger partial charge in [0, 0.05) is 6.20 Å². The summed E-state index contributed by atoms with van der Waals surface area (Å²) in [6, 6.07) is 0. The molecule has 88 valence electrons. The van der Waals surface area contributed by atoms with Gasteiger partial charge in [-0.2, -0.15) is 0 Å². The topological polar surface area (TPSA) is 25.8 Å². The zero-order valence-corrected chi connectivity index (χ0v) is 11.0. The van der Waals surface area contributed by atoms with Crippen LogP contribution >= 0.6 is 0 Å². The number of aromatic nitrogens is 2. The van der Waals surface area contributed by atoms with Crippen LogP contribution in [0.15, 0.2) is 11.8 Å². The van der Waals surface area contributed by atoms with Crippen LogP contribution in [0.2, 0.25) is 0 Å². The third-order valence-electron chi connectivity index (χ3n) is 2.69. The lowest BCUT2D eigenvalue weighted by molar-refractivity contribution is 1.00. The normalized spacial score (nSPS) is 15.4. The minimum Gasteiger partial charge on any atom is -0.255 e. The predicted molar refractivity (Wildman–Crippen MR) is 69.2 cm³/mol. The number of aryl methyl sites for hydroxylation is 2. The molecule has 1 saturated carbocycles. The summed E-state index contributed by atoms with van der Waals surface area (Å²) in [5, 5.41) is 0. The van der Waals surface area contributed by atoms with Crippen molar-refractivity contribution in [1.29, 1.82) is 0 Å². The van der Waals surface area contributed by atoms with Crippen molar-refractivity contribution in [1.82, 2.24) is 9.97 Å². The van der Waals surface area contributed by atoms with Gasteiger partial charge in [-0.05, 0) is 45.6 Å². The van der Waals surface area contributed by atoms with Crippen LogP contribution < -0.4 is 0 Å². The molecule has 0 bridgehead atoms. The highest BCUT2D eigenvalue weighted by Crippen LogP contribution is 2.36. The van der Waals surface area contributed by atoms with Gasteiger partial charge in [0.05, 0.1) is 17.1 Å². The van der Waals surface area contributed by atoms with E-state index in [-0.39, 0.29) is 0 Å². The molecule has 0 spiro atoms. The second kappa shape index (κ2) is 5.78. The maximum atomic E-state index is 4.40. The first-order valence-corrected chi connectivity index (χ1v) is 6.15. The Morgan fingerprint density at radius 3 is 2.44 bits per heavy atom. The summed E-state index contributed by atoms with van der Waals surface area (Å²) in [6.07, 6.45) is 6.71. The van der Waals surface area contributed by atoms with E-state index in [0.29, 0.717) is 0 Å². The first kappa shape index (κ1) is 12.9. The Bertz CT molecular complexity index is 376. The number of hydrogen-bond acceptors (Lipinski definition) is 2. The molecule has 0 N–H and O–H groups in total. The summed E-state index contributed by atoms with van der Waals surface area (Å²) >= 11 is 0. The lowest BCUT2D eigenvalue weighted by atomic mass is 10.1. The molecule has 1 aromatic heterocycles. The molecule has 1 aromatic rings. The average Bonchev–Trinajstić information content (AvgIpc) is 3.08. The van der Waals surface area contributed by atoms with Crippen molar-refractivity contribution < 1.29 is 0 Å². The summed E-state index contributed by atoms with van der Waals surface area (Å²) in [7, 11) is 0. The van der Waals surface area contributed by atoms with Gasteiger partial charge in [0.25, 0.3) is 0 Å². The van der Waals surface area contributed by atoms with E-state index in [0.717, 1.165) is 23.0 Å². The van der Waals surface area contributed by atoms with E-state index in [1.165, 1.54) is 18.4 Å². The summed E-state index contributed by atoms with van der Waals surface area (Å²) in [5.41, 5.74) is 4.50. The Hall–Kier alpha value is -1.18. The Balaban J connectivity index is 0.000000606. The molecule has 2 heteroatoms. The standard InChI is InChI=1S/C12H16N2.C2H6/c1-8(11-4-5-11)6-12-10(3)14-9(2)7-13-12;1-2/h6-7,11H,4-5H2,1-3H3;1-2H3/b8-6+;. The fraction of sp³-hybridized carbons (Fsp3) is 0.571. The maximum absolute atomic E-state index is 4.40. The molecule has 1 aliphatic rings. The van der Waals surface area contributed by atoms with Crippen molar-refractivity contribution in [2.75, 3.05) is 0 Å². The summed E-state index contributed by atoms with van der Waals surface area (Å²) in [5.74, 6) is 0.817. The van der Waals surface area contributed by atoms with Crippen LogP contribution in [0, 0.1) is 19.8 Å². The Kier molecular flexibility index (Phi) is 4.66. The lowest BCUT2D eigenvalue weighted by Gasteiger charge is -2.02. The lowest BCUT2D eigenvalue weighted by Crippen LogP contribution is -1.94. The van der Waals surface area contributed by atoms with Crippen molar-refractivity contribution in [3.05, 3.63) is 28.9 Å². The Morgan fingerprint density at radius 2 is 1.94 bits per heavy atom. The third kappa shape index (κ3) is 3.44. The smallest absolute Gasteiger partial charge is 0.0841 e. The van der Waals surface area contributed by atoms with Crippen molar-refractivity contribution in [3.8, 4) is 0 Å². The first-order valence-electron chi connectivity index (χ1n) is 6.15. The molecule has 1 fully saturated rings. The molecular weight excluding hydrogens is 196 g/mol. The molecule has 0 unspecified atom stereocenters. The zero-order valence-electron chi connectivity index (χ0n) is 11.0. The highest BCUT2D eigenvalue weighted by Gasteiger charge is 2.22. The van der Waals surface area contributed by atoms with Gasteiger partial charge in [-0.15, -0.1) is 0 Å². The molecule has 0 aliphatic heterocycles. The molecule has 0 aromatic carbocycles. The third-order valence-corrected chi connectivity index (χ3v) is 2.69. The molecule has 0 saturated heterocycles. The molecule has 2 rings (SSSR count). The van der Waals surface area contributed by atoms with Gasteiger partial charge in [-0.3, -0.25) is 9.97 Å². The quantitative estimate of drug-likeness (QED) is 0.751. The van der Waals surface area contributed by atoms with Gasteiger partial charge in [0.2, 0.25) is 0 Å². The molecule has 2 nitrogen and oxygen atoms in total. The highest BCUT2D eigenvalue weighted by atomic mass is 14.8. The van der Waals surface area contributed by atoms with Crippen LogP contribution in [0.5, 0.6) is 0 Å². The monoisotopic (exact) mass is 218 g/mol. The number of nitrogens with zero attached hydrogens (tertiary/aromatic N) is 2. The fourth-order valence-corrected chi connectivity index (χ4v) is 1.62. The second-order valence-corrected chi connectivity index (χ2v) is 4.14. The van der Waals surface area contributed by atoms with Gasteiger partial charge in [0.1, 0.15) is 0 Å². The SMILES string of the molecule is C/C(=C\c1ncc(C)nc1C)C1CC1.CC. The number of rotatable bonds is 2. The molecule has 16 heavy (non-hydrogen) atoms. The van der Waals surface area contributed by atoms with Crippen LogP contribution in [-0.2, 0) is 0 Å². The zero-order chi connectivity index (χ0) is 12.1. The van der Waals surface area contributed by atoms with Gasteiger partial charge >= 0.3 is 0 Å². The molecule has 1 aliphatic carbocycles. The fourth-order valence-electron chi connectivity index (χ4n) is 1.62. The van der Waals surface area contributed by atoms with Crippen molar-refractivity contribution in [3.63, 3.8) is 0 Å². The maximum Gasteiger partial charge on any atom is 0.0841 e. The summed E-state index contributed by atoms with van der Waals surface area (Å²) in [4.78, 5) is 8.79. The molecule has 1 heterocycles. The molecule has 0 amide bonds. The molecule has 0 atom stereocenters. The van der Waals surface area contributed by atoms with Gasteiger partial charge in [-0.1, -0.05) is 19.4 Å². The molecule has 0 radical (unpaired) electrons. The first-order chi connectivity index (χ1) is 7.66. The van der Waals surface area contributed by atoms with Gasteiger partial charge in [-0.25, -0.2) is 0 Å². The van der Waals surface area contributed by atoms with Gasteiger partial charge in [0.15, 0.2) is 0 Å². The predicted octanol–water partition coefficient (Wildman–Crippen LogP) is 3.93. The summed E-state index contributed by atoms with van der Waals surface area (Å²) < 4.78 is 0. The van der Waals surface area contributed by atoms with Crippen molar-refractivity contribution in [2.24, 2.45) is 5.92 Å². The Morgan fingerprint density at radius 1 is 1.31 bits per heavy atom. The van der Waals surface area contributed by atoms with E-state index in [2.05, 4.69) is 23.0 Å². The van der Waals surface area contributed by atoms with E-state index in [1.54, 1.807) is 0 Å². The van der Waals surface area contributed by atoms with E-state index in [4.69, 9.17) is 0 Å². The number of allylic oxidation sites excluding steroid dienone is 1.